The lowest BCUT2D eigenvalue weighted by molar-refractivity contribution is -0.109. The van der Waals surface area contributed by atoms with Crippen LogP contribution >= 0.6 is 0 Å². The molecule has 17 heavy (non-hydrogen) atoms. The number of carbonyl (C=O) groups excluding carboxylic acids is 1. The number of ether oxygens (including phenoxy) is 3. The molecule has 92 valence electrons. The van der Waals surface area contributed by atoms with Gasteiger partial charge < -0.3 is 19.0 Å². The van der Waals surface area contributed by atoms with Crippen molar-refractivity contribution in [2.24, 2.45) is 0 Å². The van der Waals surface area contributed by atoms with Crippen molar-refractivity contribution in [3.63, 3.8) is 0 Å². The van der Waals surface area contributed by atoms with Gasteiger partial charge in [-0.05, 0) is 30.5 Å². The first-order valence-corrected chi connectivity index (χ1v) is 5.47. The molecule has 0 radical (unpaired) electrons. The quantitative estimate of drug-likeness (QED) is 0.733. The molecule has 0 amide bonds. The van der Waals surface area contributed by atoms with Crippen LogP contribution in [0.3, 0.4) is 0 Å². The van der Waals surface area contributed by atoms with E-state index in [9.17, 15) is 4.79 Å². The number of rotatable bonds is 5. The van der Waals surface area contributed by atoms with Gasteiger partial charge in [0.1, 0.15) is 6.29 Å². The zero-order valence-corrected chi connectivity index (χ0v) is 10.3. The van der Waals surface area contributed by atoms with Gasteiger partial charge in [-0.3, -0.25) is 0 Å². The zero-order valence-electron chi connectivity index (χ0n) is 10.3. The number of hydrogen-bond acceptors (Lipinski definition) is 4. The third-order valence-corrected chi connectivity index (χ3v) is 3.25. The number of carbonyl (C=O) groups is 1. The molecule has 0 atom stereocenters. The molecule has 4 nitrogen and oxygen atoms in total. The zero-order chi connectivity index (χ0) is 12.5. The minimum Gasteiger partial charge on any atom is -0.493 e. The van der Waals surface area contributed by atoms with E-state index in [1.165, 1.54) is 0 Å². The molecule has 0 aromatic heterocycles. The minimum atomic E-state index is -0.340. The molecule has 1 aliphatic carbocycles. The Kier molecular flexibility index (Phi) is 2.96. The molecule has 2 rings (SSSR count). The van der Waals surface area contributed by atoms with Crippen LogP contribution in [-0.4, -0.2) is 27.6 Å². The first-order valence-electron chi connectivity index (χ1n) is 5.47. The van der Waals surface area contributed by atoms with Gasteiger partial charge in [0.05, 0.1) is 26.7 Å². The second-order valence-electron chi connectivity index (χ2n) is 4.19. The summed E-state index contributed by atoms with van der Waals surface area (Å²) in [6.45, 7) is 0. The standard InChI is InChI=1S/C13H16O4/c1-15-10-6-9(13(8-14)4-5-13)7-11(16-2)12(10)17-3/h6-8H,4-5H2,1-3H3. The van der Waals surface area contributed by atoms with E-state index < -0.39 is 0 Å². The molecule has 0 spiro atoms. The molecular weight excluding hydrogens is 220 g/mol. The Morgan fingerprint density at radius 3 is 1.88 bits per heavy atom. The first-order chi connectivity index (χ1) is 8.20. The van der Waals surface area contributed by atoms with Crippen LogP contribution in [0.5, 0.6) is 17.2 Å². The van der Waals surface area contributed by atoms with Gasteiger partial charge in [-0.25, -0.2) is 0 Å². The molecular formula is C13H16O4. The van der Waals surface area contributed by atoms with Crippen LogP contribution in [0.15, 0.2) is 12.1 Å². The van der Waals surface area contributed by atoms with Crippen LogP contribution in [0.25, 0.3) is 0 Å². The van der Waals surface area contributed by atoms with Crippen LogP contribution in [0.1, 0.15) is 18.4 Å². The molecule has 1 fully saturated rings. The lowest BCUT2D eigenvalue weighted by atomic mass is 9.97. The number of aldehydes is 1. The average molecular weight is 236 g/mol. The first kappa shape index (κ1) is 11.8. The number of methoxy groups -OCH3 is 3. The second kappa shape index (κ2) is 4.28. The summed E-state index contributed by atoms with van der Waals surface area (Å²) in [5, 5.41) is 0. The summed E-state index contributed by atoms with van der Waals surface area (Å²) in [4.78, 5) is 11.1. The highest BCUT2D eigenvalue weighted by atomic mass is 16.5. The van der Waals surface area contributed by atoms with Crippen molar-refractivity contribution in [2.45, 2.75) is 18.3 Å². The topological polar surface area (TPSA) is 44.8 Å². The summed E-state index contributed by atoms with van der Waals surface area (Å²) < 4.78 is 15.8. The maximum Gasteiger partial charge on any atom is 0.203 e. The Balaban J connectivity index is 2.52. The Bertz CT molecular complexity index is 410. The molecule has 4 heteroatoms. The fourth-order valence-electron chi connectivity index (χ4n) is 1.98. The summed E-state index contributed by atoms with van der Waals surface area (Å²) in [6, 6.07) is 3.70. The van der Waals surface area contributed by atoms with Gasteiger partial charge in [0.15, 0.2) is 11.5 Å². The summed E-state index contributed by atoms with van der Waals surface area (Å²) in [7, 11) is 4.70. The van der Waals surface area contributed by atoms with Crippen LogP contribution in [-0.2, 0) is 10.2 Å². The van der Waals surface area contributed by atoms with E-state index in [1.54, 1.807) is 21.3 Å². The van der Waals surface area contributed by atoms with E-state index in [0.29, 0.717) is 17.2 Å². The van der Waals surface area contributed by atoms with Crippen molar-refractivity contribution < 1.29 is 19.0 Å². The van der Waals surface area contributed by atoms with Gasteiger partial charge in [-0.2, -0.15) is 0 Å². The van der Waals surface area contributed by atoms with Crippen molar-refractivity contribution >= 4 is 6.29 Å². The lowest BCUT2D eigenvalue weighted by Gasteiger charge is -2.16. The summed E-state index contributed by atoms with van der Waals surface area (Å²) >= 11 is 0. The molecule has 0 saturated heterocycles. The SMILES string of the molecule is COc1cc(C2(C=O)CC2)cc(OC)c1OC. The van der Waals surface area contributed by atoms with Gasteiger partial charge in [0.2, 0.25) is 5.75 Å². The van der Waals surface area contributed by atoms with Crippen LogP contribution < -0.4 is 14.2 Å². The van der Waals surface area contributed by atoms with Gasteiger partial charge in [0.25, 0.3) is 0 Å². The van der Waals surface area contributed by atoms with Crippen LogP contribution in [0, 0.1) is 0 Å². The van der Waals surface area contributed by atoms with E-state index in [-0.39, 0.29) is 5.41 Å². The molecule has 1 aromatic rings. The smallest absolute Gasteiger partial charge is 0.203 e. The maximum atomic E-state index is 11.1. The van der Waals surface area contributed by atoms with Crippen molar-refractivity contribution in [1.29, 1.82) is 0 Å². The van der Waals surface area contributed by atoms with Crippen molar-refractivity contribution in [3.8, 4) is 17.2 Å². The maximum absolute atomic E-state index is 11.1. The lowest BCUT2D eigenvalue weighted by Crippen LogP contribution is -2.09. The number of hydrogen-bond donors (Lipinski definition) is 0. The average Bonchev–Trinajstić information content (AvgIpc) is 3.17. The molecule has 0 aliphatic heterocycles. The number of benzene rings is 1. The molecule has 1 aliphatic rings. The van der Waals surface area contributed by atoms with E-state index in [4.69, 9.17) is 14.2 Å². The highest BCUT2D eigenvalue weighted by molar-refractivity contribution is 5.74. The minimum absolute atomic E-state index is 0.340. The van der Waals surface area contributed by atoms with Crippen molar-refractivity contribution in [2.75, 3.05) is 21.3 Å². The fraction of sp³-hybridized carbons (Fsp3) is 0.462. The van der Waals surface area contributed by atoms with Gasteiger partial charge >= 0.3 is 0 Å². The highest BCUT2D eigenvalue weighted by Crippen LogP contribution is 2.50. The normalized spacial score (nSPS) is 16.2. The summed E-state index contributed by atoms with van der Waals surface area (Å²) in [5.41, 5.74) is 0.592. The fourth-order valence-corrected chi connectivity index (χ4v) is 1.98. The molecule has 0 heterocycles. The van der Waals surface area contributed by atoms with Crippen molar-refractivity contribution in [1.82, 2.24) is 0 Å². The van der Waals surface area contributed by atoms with Crippen molar-refractivity contribution in [3.05, 3.63) is 17.7 Å². The highest BCUT2D eigenvalue weighted by Gasteiger charge is 2.45. The predicted octanol–water partition coefficient (Wildman–Crippen LogP) is 1.94. The van der Waals surface area contributed by atoms with Gasteiger partial charge in [-0.1, -0.05) is 0 Å². The Labute approximate surface area is 100 Å². The molecule has 0 N–H and O–H groups in total. The molecule has 1 aromatic carbocycles. The monoisotopic (exact) mass is 236 g/mol. The Morgan fingerprint density at radius 1 is 1.06 bits per heavy atom. The summed E-state index contributed by atoms with van der Waals surface area (Å²) in [5.74, 6) is 1.74. The van der Waals surface area contributed by atoms with E-state index in [0.717, 1.165) is 24.7 Å². The van der Waals surface area contributed by atoms with Crippen LogP contribution in [0.4, 0.5) is 0 Å². The van der Waals surface area contributed by atoms with E-state index in [2.05, 4.69) is 0 Å². The predicted molar refractivity (Wildman–Crippen MR) is 63.1 cm³/mol. The molecule has 0 bridgehead atoms. The third kappa shape index (κ3) is 1.84. The van der Waals surface area contributed by atoms with Crippen LogP contribution in [0.2, 0.25) is 0 Å². The van der Waals surface area contributed by atoms with E-state index in [1.807, 2.05) is 12.1 Å². The Morgan fingerprint density at radius 2 is 1.59 bits per heavy atom. The largest absolute Gasteiger partial charge is 0.493 e. The molecule has 1 saturated carbocycles. The third-order valence-electron chi connectivity index (χ3n) is 3.25. The van der Waals surface area contributed by atoms with E-state index >= 15 is 0 Å². The second-order valence-corrected chi connectivity index (χ2v) is 4.19. The summed E-state index contributed by atoms with van der Waals surface area (Å²) in [6.07, 6.45) is 2.78. The molecule has 0 unspecified atom stereocenters. The van der Waals surface area contributed by atoms with Gasteiger partial charge in [-0.15, -0.1) is 0 Å². The van der Waals surface area contributed by atoms with Gasteiger partial charge in [0, 0.05) is 0 Å². The Hall–Kier alpha value is -1.71.